The summed E-state index contributed by atoms with van der Waals surface area (Å²) in [6.45, 7) is 3.97. The number of fused-ring (bicyclic) bond motifs is 1. The zero-order valence-corrected chi connectivity index (χ0v) is 17.9. The summed E-state index contributed by atoms with van der Waals surface area (Å²) in [5, 5.41) is 6.85. The van der Waals surface area contributed by atoms with E-state index in [-0.39, 0.29) is 12.1 Å². The molecule has 0 aliphatic carbocycles. The van der Waals surface area contributed by atoms with Crippen LogP contribution in [0, 0.1) is 0 Å². The van der Waals surface area contributed by atoms with Crippen molar-refractivity contribution in [3.63, 3.8) is 0 Å². The Morgan fingerprint density at radius 3 is 3.12 bits per heavy atom. The Hall–Kier alpha value is -3.17. The summed E-state index contributed by atoms with van der Waals surface area (Å²) in [6, 6.07) is 9.91. The van der Waals surface area contributed by atoms with Crippen LogP contribution < -0.4 is 15.5 Å². The van der Waals surface area contributed by atoms with Crippen molar-refractivity contribution in [1.82, 2.24) is 20.3 Å². The second-order valence-electron chi connectivity index (χ2n) is 8.25. The van der Waals surface area contributed by atoms with Crippen molar-refractivity contribution in [3.8, 4) is 0 Å². The van der Waals surface area contributed by atoms with Crippen LogP contribution >= 0.6 is 0 Å². The molecule has 2 aromatic heterocycles. The second kappa shape index (κ2) is 9.54. The van der Waals surface area contributed by atoms with E-state index in [0.29, 0.717) is 32.3 Å². The minimum absolute atomic E-state index is 0.0951. The number of carbonyl (C=O) groups is 1. The van der Waals surface area contributed by atoms with Gasteiger partial charge in [-0.2, -0.15) is 0 Å². The predicted molar refractivity (Wildman–Crippen MR) is 122 cm³/mol. The quantitative estimate of drug-likeness (QED) is 0.568. The fourth-order valence-electron chi connectivity index (χ4n) is 4.46. The number of hydrogen-bond donors (Lipinski definition) is 3. The lowest BCUT2D eigenvalue weighted by Gasteiger charge is -2.34. The van der Waals surface area contributed by atoms with E-state index in [1.807, 2.05) is 24.4 Å². The van der Waals surface area contributed by atoms with Crippen LogP contribution in [-0.4, -0.2) is 66.5 Å². The number of nitrogens with zero attached hydrogens (tertiary/aromatic N) is 3. The Morgan fingerprint density at radius 1 is 1.25 bits per heavy atom. The second-order valence-corrected chi connectivity index (χ2v) is 8.25. The molecule has 3 N–H and O–H groups in total. The van der Waals surface area contributed by atoms with Crippen molar-refractivity contribution in [2.45, 2.75) is 24.9 Å². The number of piperidine rings is 1. The lowest BCUT2D eigenvalue weighted by molar-refractivity contribution is -0.0852. The van der Waals surface area contributed by atoms with Gasteiger partial charge in [0.25, 0.3) is 0 Å². The van der Waals surface area contributed by atoms with Crippen molar-refractivity contribution >= 4 is 28.6 Å². The van der Waals surface area contributed by atoms with E-state index in [9.17, 15) is 4.79 Å². The van der Waals surface area contributed by atoms with E-state index in [4.69, 9.17) is 9.47 Å². The first kappa shape index (κ1) is 20.7. The van der Waals surface area contributed by atoms with E-state index in [1.54, 1.807) is 6.33 Å². The normalized spacial score (nSPS) is 21.4. The number of nitrogens with one attached hydrogen (secondary N) is 3. The molecule has 3 aromatic rings. The molecule has 0 saturated carbocycles. The minimum Gasteiger partial charge on any atom is -0.376 e. The number of urea groups is 1. The maximum Gasteiger partial charge on any atom is 0.319 e. The molecule has 5 rings (SSSR count). The summed E-state index contributed by atoms with van der Waals surface area (Å²) >= 11 is 0. The Morgan fingerprint density at radius 2 is 2.22 bits per heavy atom. The molecular weight excluding hydrogens is 408 g/mol. The van der Waals surface area contributed by atoms with Crippen molar-refractivity contribution < 1.29 is 14.3 Å². The van der Waals surface area contributed by atoms with Crippen LogP contribution in [0.2, 0.25) is 0 Å². The largest absolute Gasteiger partial charge is 0.376 e. The topological polar surface area (TPSA) is 104 Å². The fourth-order valence-corrected chi connectivity index (χ4v) is 4.46. The average Bonchev–Trinajstić information content (AvgIpc) is 3.33. The number of amides is 2. The first-order valence-corrected chi connectivity index (χ1v) is 11.1. The molecule has 2 aliphatic rings. The number of ether oxygens (including phenoxy) is 2. The van der Waals surface area contributed by atoms with Crippen LogP contribution in [0.25, 0.3) is 11.0 Å². The van der Waals surface area contributed by atoms with Crippen LogP contribution in [0.4, 0.5) is 16.3 Å². The van der Waals surface area contributed by atoms with Gasteiger partial charge in [-0.1, -0.05) is 12.1 Å². The maximum absolute atomic E-state index is 12.3. The van der Waals surface area contributed by atoms with Crippen LogP contribution in [-0.2, 0) is 9.47 Å². The zero-order valence-electron chi connectivity index (χ0n) is 17.9. The Labute approximate surface area is 186 Å². The van der Waals surface area contributed by atoms with Crippen molar-refractivity contribution in [2.75, 3.05) is 49.7 Å². The Balaban J connectivity index is 1.22. The zero-order chi connectivity index (χ0) is 21.8. The summed E-state index contributed by atoms with van der Waals surface area (Å²) in [5.41, 5.74) is 2.86. The first-order chi connectivity index (χ1) is 15.8. The molecule has 0 spiro atoms. The van der Waals surface area contributed by atoms with Gasteiger partial charge < -0.3 is 30.0 Å². The van der Waals surface area contributed by atoms with E-state index in [1.165, 1.54) is 5.56 Å². The molecule has 9 heteroatoms. The molecule has 2 saturated heterocycles. The van der Waals surface area contributed by atoms with Crippen molar-refractivity contribution in [1.29, 1.82) is 0 Å². The summed E-state index contributed by atoms with van der Waals surface area (Å²) < 4.78 is 10.9. The highest BCUT2D eigenvalue weighted by atomic mass is 16.6. The molecule has 168 valence electrons. The molecule has 0 bridgehead atoms. The van der Waals surface area contributed by atoms with Crippen molar-refractivity contribution in [3.05, 3.63) is 48.4 Å². The lowest BCUT2D eigenvalue weighted by atomic mass is 9.90. The lowest BCUT2D eigenvalue weighted by Crippen LogP contribution is -2.41. The van der Waals surface area contributed by atoms with Gasteiger partial charge >= 0.3 is 6.03 Å². The van der Waals surface area contributed by atoms with Gasteiger partial charge in [-0.05, 0) is 36.6 Å². The number of carbonyl (C=O) groups excluding carboxylic acids is 1. The van der Waals surface area contributed by atoms with Gasteiger partial charge in [0.2, 0.25) is 0 Å². The molecule has 2 atom stereocenters. The van der Waals surface area contributed by atoms with E-state index >= 15 is 0 Å². The maximum atomic E-state index is 12.3. The van der Waals surface area contributed by atoms with E-state index in [0.717, 1.165) is 48.5 Å². The molecule has 0 radical (unpaired) electrons. The van der Waals surface area contributed by atoms with Crippen molar-refractivity contribution in [2.24, 2.45) is 0 Å². The minimum atomic E-state index is -0.238. The molecular formula is C23H28N6O3. The number of H-pyrrole nitrogens is 1. The van der Waals surface area contributed by atoms with Crippen LogP contribution in [0.3, 0.4) is 0 Å². The average molecular weight is 437 g/mol. The van der Waals surface area contributed by atoms with Crippen LogP contribution in [0.5, 0.6) is 0 Å². The number of benzene rings is 1. The Bertz CT molecular complexity index is 1060. The van der Waals surface area contributed by atoms with E-state index in [2.05, 4.69) is 42.6 Å². The number of hydrogen-bond acceptors (Lipinski definition) is 6. The highest BCUT2D eigenvalue weighted by Crippen LogP contribution is 2.32. The molecule has 2 unspecified atom stereocenters. The fraction of sp³-hybridized carbons (Fsp3) is 0.435. The van der Waals surface area contributed by atoms with Crippen LogP contribution in [0.15, 0.2) is 42.9 Å². The third-order valence-corrected chi connectivity index (χ3v) is 6.05. The summed E-state index contributed by atoms with van der Waals surface area (Å²) in [4.78, 5) is 26.7. The van der Waals surface area contributed by atoms with Gasteiger partial charge in [0, 0.05) is 37.4 Å². The summed E-state index contributed by atoms with van der Waals surface area (Å²) in [5.74, 6) is 1.34. The summed E-state index contributed by atoms with van der Waals surface area (Å²) in [7, 11) is 0. The molecule has 9 nitrogen and oxygen atoms in total. The highest BCUT2D eigenvalue weighted by molar-refractivity contribution is 5.89. The van der Waals surface area contributed by atoms with Gasteiger partial charge in [0.1, 0.15) is 17.8 Å². The van der Waals surface area contributed by atoms with Gasteiger partial charge in [0.05, 0.1) is 31.3 Å². The molecule has 4 heterocycles. The van der Waals surface area contributed by atoms with Gasteiger partial charge in [-0.3, -0.25) is 0 Å². The summed E-state index contributed by atoms with van der Waals surface area (Å²) in [6.07, 6.45) is 5.61. The van der Waals surface area contributed by atoms with Gasteiger partial charge in [-0.15, -0.1) is 0 Å². The molecule has 2 amide bonds. The van der Waals surface area contributed by atoms with Gasteiger partial charge in [0.15, 0.2) is 0 Å². The number of aromatic nitrogens is 3. The number of anilines is 2. The number of rotatable bonds is 5. The standard InChI is InChI=1S/C23H28N6O3/c30-23(25-12-19-14-31-9-10-32-19)28-18-5-1-3-16(11-18)17-4-2-8-29(13-17)22-20-6-7-24-21(20)26-15-27-22/h1,3,5-7,11,15,17,19H,2,4,8-10,12-14H2,(H,24,26,27)(H2,25,28,30). The molecule has 2 aliphatic heterocycles. The number of aromatic amines is 1. The highest BCUT2D eigenvalue weighted by Gasteiger charge is 2.24. The third kappa shape index (κ3) is 4.68. The van der Waals surface area contributed by atoms with E-state index < -0.39 is 0 Å². The first-order valence-electron chi connectivity index (χ1n) is 11.1. The SMILES string of the molecule is O=C(NCC1COCCO1)Nc1cccc(C2CCCN(c3ncnc4[nH]ccc34)C2)c1. The van der Waals surface area contributed by atoms with Gasteiger partial charge in [-0.25, -0.2) is 14.8 Å². The molecule has 1 aromatic carbocycles. The smallest absolute Gasteiger partial charge is 0.319 e. The predicted octanol–water partition coefficient (Wildman–Crippen LogP) is 2.88. The van der Waals surface area contributed by atoms with Crippen LogP contribution in [0.1, 0.15) is 24.3 Å². The third-order valence-electron chi connectivity index (χ3n) is 6.05. The Kier molecular flexibility index (Phi) is 6.17. The molecule has 32 heavy (non-hydrogen) atoms. The monoisotopic (exact) mass is 436 g/mol. The molecule has 2 fully saturated rings.